The number of benzene rings is 2. The molecule has 1 fully saturated rings. The second-order valence-corrected chi connectivity index (χ2v) is 6.79. The molecule has 2 aromatic carbocycles. The largest absolute Gasteiger partial charge is 0.370 e. The summed E-state index contributed by atoms with van der Waals surface area (Å²) in [7, 11) is 3.76. The Bertz CT molecular complexity index is 943. The van der Waals surface area contributed by atoms with Crippen LogP contribution < -0.4 is 5.32 Å². The molecule has 6 nitrogen and oxygen atoms in total. The van der Waals surface area contributed by atoms with E-state index >= 15 is 0 Å². The maximum atomic E-state index is 5.94. The third kappa shape index (κ3) is 3.80. The highest BCUT2D eigenvalue weighted by molar-refractivity contribution is 5.86. The zero-order valence-electron chi connectivity index (χ0n) is 15.8. The molecule has 0 spiro atoms. The van der Waals surface area contributed by atoms with Gasteiger partial charge in [-0.2, -0.15) is 5.10 Å². The van der Waals surface area contributed by atoms with Crippen molar-refractivity contribution < 1.29 is 4.74 Å². The minimum absolute atomic E-state index is 0.0172. The van der Waals surface area contributed by atoms with Crippen molar-refractivity contribution in [3.63, 3.8) is 0 Å². The number of hydrogen-bond acceptors (Lipinski definition) is 3. The van der Waals surface area contributed by atoms with Gasteiger partial charge in [0, 0.05) is 38.9 Å². The molecule has 1 unspecified atom stereocenters. The van der Waals surface area contributed by atoms with Crippen LogP contribution in [0.5, 0.6) is 0 Å². The zero-order chi connectivity index (χ0) is 18.6. The summed E-state index contributed by atoms with van der Waals surface area (Å²) in [6, 6.07) is 14.9. The smallest absolute Gasteiger partial charge is 0.194 e. The molecule has 1 N–H and O–H groups in total. The van der Waals surface area contributed by atoms with E-state index in [1.54, 1.807) is 0 Å². The minimum Gasteiger partial charge on any atom is -0.370 e. The number of fused-ring (bicyclic) bond motifs is 1. The van der Waals surface area contributed by atoms with E-state index in [-0.39, 0.29) is 6.10 Å². The van der Waals surface area contributed by atoms with Crippen molar-refractivity contribution in [2.24, 2.45) is 12.0 Å². The topological polar surface area (TPSA) is 54.7 Å². The number of nitrogens with zero attached hydrogens (tertiary/aromatic N) is 4. The van der Waals surface area contributed by atoms with E-state index in [0.717, 1.165) is 31.2 Å². The number of aryl methyl sites for hydroxylation is 1. The lowest BCUT2D eigenvalue weighted by molar-refractivity contribution is -0.00805. The number of rotatable bonds is 3. The first-order valence-electron chi connectivity index (χ1n) is 9.27. The second kappa shape index (κ2) is 7.80. The molecule has 140 valence electrons. The van der Waals surface area contributed by atoms with E-state index < -0.39 is 0 Å². The van der Waals surface area contributed by atoms with Gasteiger partial charge in [-0.1, -0.05) is 42.5 Å². The molecule has 1 aliphatic rings. The highest BCUT2D eigenvalue weighted by atomic mass is 16.5. The number of morpholine rings is 1. The molecular formula is C21H25N5O. The zero-order valence-corrected chi connectivity index (χ0v) is 15.8. The minimum atomic E-state index is 0.0172. The molecule has 1 saturated heterocycles. The first-order valence-corrected chi connectivity index (χ1v) is 9.27. The van der Waals surface area contributed by atoms with Gasteiger partial charge in [0.15, 0.2) is 5.96 Å². The van der Waals surface area contributed by atoms with Crippen LogP contribution in [-0.4, -0.2) is 47.4 Å². The summed E-state index contributed by atoms with van der Waals surface area (Å²) in [5.41, 5.74) is 2.37. The van der Waals surface area contributed by atoms with Crippen LogP contribution >= 0.6 is 0 Å². The van der Waals surface area contributed by atoms with E-state index in [1.165, 1.54) is 16.3 Å². The van der Waals surface area contributed by atoms with Gasteiger partial charge in [0.25, 0.3) is 0 Å². The first kappa shape index (κ1) is 17.5. The van der Waals surface area contributed by atoms with Crippen molar-refractivity contribution in [2.75, 3.05) is 26.7 Å². The molecule has 0 bridgehead atoms. The van der Waals surface area contributed by atoms with Gasteiger partial charge in [0.1, 0.15) is 6.10 Å². The van der Waals surface area contributed by atoms with Crippen LogP contribution in [0.25, 0.3) is 10.8 Å². The normalized spacial score (nSPS) is 18.1. The van der Waals surface area contributed by atoms with E-state index in [9.17, 15) is 0 Å². The lowest BCUT2D eigenvalue weighted by atomic mass is 10.0. The third-order valence-electron chi connectivity index (χ3n) is 4.99. The first-order chi connectivity index (χ1) is 13.2. The Labute approximate surface area is 159 Å². The summed E-state index contributed by atoms with van der Waals surface area (Å²) >= 11 is 0. The van der Waals surface area contributed by atoms with Crippen molar-refractivity contribution in [2.45, 2.75) is 12.6 Å². The molecule has 0 radical (unpaired) electrons. The van der Waals surface area contributed by atoms with Crippen molar-refractivity contribution in [3.05, 3.63) is 66.0 Å². The number of aliphatic imine (C=N–C) groups is 1. The SMILES string of the molecule is CN=C(NCc1cccc2ccccc12)N1CCOC(c2cnn(C)c2)C1. The molecular weight excluding hydrogens is 338 g/mol. The molecule has 2 heterocycles. The van der Waals surface area contributed by atoms with Gasteiger partial charge in [-0.3, -0.25) is 9.67 Å². The molecule has 0 aliphatic carbocycles. The van der Waals surface area contributed by atoms with Crippen LogP contribution in [0.1, 0.15) is 17.2 Å². The van der Waals surface area contributed by atoms with Crippen LogP contribution in [0, 0.1) is 0 Å². The summed E-state index contributed by atoms with van der Waals surface area (Å²) in [5.74, 6) is 0.903. The molecule has 6 heteroatoms. The van der Waals surface area contributed by atoms with Crippen molar-refractivity contribution >= 4 is 16.7 Å². The summed E-state index contributed by atoms with van der Waals surface area (Å²) in [4.78, 5) is 6.75. The molecule has 27 heavy (non-hydrogen) atoms. The highest BCUT2D eigenvalue weighted by Crippen LogP contribution is 2.22. The fourth-order valence-corrected chi connectivity index (χ4v) is 3.60. The van der Waals surface area contributed by atoms with Crippen LogP contribution in [0.4, 0.5) is 0 Å². The number of nitrogens with one attached hydrogen (secondary N) is 1. The predicted octanol–water partition coefficient (Wildman–Crippen LogP) is 2.72. The van der Waals surface area contributed by atoms with Gasteiger partial charge >= 0.3 is 0 Å². The standard InChI is InChI=1S/C21H25N5O/c1-22-21(23-12-17-8-5-7-16-6-3-4-9-19(16)17)26-10-11-27-20(15-26)18-13-24-25(2)14-18/h3-9,13-14,20H,10-12,15H2,1-2H3,(H,22,23). The van der Waals surface area contributed by atoms with Gasteiger partial charge in [0.2, 0.25) is 0 Å². The van der Waals surface area contributed by atoms with E-state index in [0.29, 0.717) is 6.61 Å². The second-order valence-electron chi connectivity index (χ2n) is 6.79. The average molecular weight is 363 g/mol. The maximum absolute atomic E-state index is 5.94. The maximum Gasteiger partial charge on any atom is 0.194 e. The Kier molecular flexibility index (Phi) is 5.07. The fourth-order valence-electron chi connectivity index (χ4n) is 3.60. The van der Waals surface area contributed by atoms with E-state index in [1.807, 2.05) is 31.2 Å². The van der Waals surface area contributed by atoms with Gasteiger partial charge in [-0.05, 0) is 16.3 Å². The van der Waals surface area contributed by atoms with Crippen LogP contribution in [0.3, 0.4) is 0 Å². The quantitative estimate of drug-likeness (QED) is 0.574. The number of aromatic nitrogens is 2. The lowest BCUT2D eigenvalue weighted by Gasteiger charge is -2.34. The molecule has 4 rings (SSSR count). The van der Waals surface area contributed by atoms with Gasteiger partial charge in [-0.15, -0.1) is 0 Å². The average Bonchev–Trinajstić information content (AvgIpc) is 3.15. The van der Waals surface area contributed by atoms with Crippen LogP contribution in [0.15, 0.2) is 59.9 Å². The number of ether oxygens (including phenoxy) is 1. The molecule has 0 saturated carbocycles. The molecule has 1 aromatic heterocycles. The molecule has 3 aromatic rings. The molecule has 0 amide bonds. The monoisotopic (exact) mass is 363 g/mol. The highest BCUT2D eigenvalue weighted by Gasteiger charge is 2.25. The summed E-state index contributed by atoms with van der Waals surface area (Å²) in [5, 5.41) is 10.3. The molecule has 1 atom stereocenters. The summed E-state index contributed by atoms with van der Waals surface area (Å²) in [6.45, 7) is 3.00. The summed E-state index contributed by atoms with van der Waals surface area (Å²) in [6.07, 6.45) is 3.91. The Balaban J connectivity index is 1.46. The van der Waals surface area contributed by atoms with Crippen LogP contribution in [-0.2, 0) is 18.3 Å². The number of guanidine groups is 1. The Hall–Kier alpha value is -2.86. The third-order valence-corrected chi connectivity index (χ3v) is 4.99. The Morgan fingerprint density at radius 2 is 2.11 bits per heavy atom. The van der Waals surface area contributed by atoms with Gasteiger partial charge in [-0.25, -0.2) is 0 Å². The van der Waals surface area contributed by atoms with E-state index in [2.05, 4.69) is 62.8 Å². The predicted molar refractivity (Wildman–Crippen MR) is 108 cm³/mol. The Morgan fingerprint density at radius 1 is 1.26 bits per heavy atom. The summed E-state index contributed by atoms with van der Waals surface area (Å²) < 4.78 is 7.76. The van der Waals surface area contributed by atoms with E-state index in [4.69, 9.17) is 4.74 Å². The van der Waals surface area contributed by atoms with Crippen molar-refractivity contribution in [3.8, 4) is 0 Å². The number of hydrogen-bond donors (Lipinski definition) is 1. The fraction of sp³-hybridized carbons (Fsp3) is 0.333. The van der Waals surface area contributed by atoms with Gasteiger partial charge in [0.05, 0.1) is 19.3 Å². The lowest BCUT2D eigenvalue weighted by Crippen LogP contribution is -2.47. The van der Waals surface area contributed by atoms with Gasteiger partial charge < -0.3 is 15.0 Å². The van der Waals surface area contributed by atoms with Crippen molar-refractivity contribution in [1.29, 1.82) is 0 Å². The van der Waals surface area contributed by atoms with Crippen molar-refractivity contribution in [1.82, 2.24) is 20.0 Å². The Morgan fingerprint density at radius 3 is 2.93 bits per heavy atom. The molecule has 1 aliphatic heterocycles. The van der Waals surface area contributed by atoms with Crippen LogP contribution in [0.2, 0.25) is 0 Å².